The van der Waals surface area contributed by atoms with Crippen molar-refractivity contribution in [3.05, 3.63) is 89.6 Å². The number of hydrogen-bond acceptors (Lipinski definition) is 4. The first-order valence-corrected chi connectivity index (χ1v) is 9.59. The first kappa shape index (κ1) is 20.4. The number of rotatable bonds is 8. The van der Waals surface area contributed by atoms with Crippen LogP contribution in [-0.4, -0.2) is 36.1 Å². The second kappa shape index (κ2) is 9.73. The van der Waals surface area contributed by atoms with Gasteiger partial charge in [-0.3, -0.25) is 4.79 Å². The molecule has 29 heavy (non-hydrogen) atoms. The van der Waals surface area contributed by atoms with Gasteiger partial charge < -0.3 is 14.4 Å². The molecule has 0 fully saturated rings. The largest absolute Gasteiger partial charge is 0.496 e. The Morgan fingerprint density at radius 1 is 0.966 bits per heavy atom. The molecule has 0 aliphatic heterocycles. The quantitative estimate of drug-likeness (QED) is 0.573. The summed E-state index contributed by atoms with van der Waals surface area (Å²) >= 11 is 0. The minimum absolute atomic E-state index is 0.0406. The lowest BCUT2D eigenvalue weighted by molar-refractivity contribution is 0.0674. The molecule has 0 bridgehead atoms. The van der Waals surface area contributed by atoms with Crippen LogP contribution in [0.5, 0.6) is 11.6 Å². The number of carbonyl (C=O) groups excluding carboxylic acids is 1. The minimum Gasteiger partial charge on any atom is -0.496 e. The Bertz CT molecular complexity index is 926. The van der Waals surface area contributed by atoms with Crippen LogP contribution in [0.3, 0.4) is 0 Å². The number of hydrogen-bond donors (Lipinski definition) is 0. The van der Waals surface area contributed by atoms with Gasteiger partial charge >= 0.3 is 0 Å². The number of amides is 1. The summed E-state index contributed by atoms with van der Waals surface area (Å²) in [6.07, 6.45) is 2.25. The molecule has 150 valence electrons. The fourth-order valence-electron chi connectivity index (χ4n) is 3.30. The molecule has 3 rings (SSSR count). The maximum atomic E-state index is 13.3. The predicted octanol–water partition coefficient (Wildman–Crippen LogP) is 4.37. The van der Waals surface area contributed by atoms with Crippen LogP contribution in [0.2, 0.25) is 0 Å². The monoisotopic (exact) mass is 390 g/mol. The van der Waals surface area contributed by atoms with E-state index in [0.717, 1.165) is 16.9 Å². The minimum atomic E-state index is -0.0635. The number of para-hydroxylation sites is 1. The molecule has 0 saturated carbocycles. The summed E-state index contributed by atoms with van der Waals surface area (Å²) in [7, 11) is 3.22. The first-order chi connectivity index (χ1) is 14.1. The Kier molecular flexibility index (Phi) is 6.85. The third-order valence-electron chi connectivity index (χ3n) is 4.89. The lowest BCUT2D eigenvalue weighted by Gasteiger charge is -2.30. The number of carbonyl (C=O) groups is 1. The Balaban J connectivity index is 1.87. The Morgan fingerprint density at radius 3 is 2.34 bits per heavy atom. The summed E-state index contributed by atoms with van der Waals surface area (Å²) in [6.45, 7) is 2.58. The smallest absolute Gasteiger partial charge is 0.255 e. The Hall–Kier alpha value is -3.34. The van der Waals surface area contributed by atoms with Gasteiger partial charge in [0.1, 0.15) is 5.75 Å². The second-order valence-corrected chi connectivity index (χ2v) is 6.87. The highest BCUT2D eigenvalue weighted by atomic mass is 16.5. The topological polar surface area (TPSA) is 51.7 Å². The van der Waals surface area contributed by atoms with Crippen molar-refractivity contribution < 1.29 is 14.3 Å². The average molecular weight is 390 g/mol. The molecule has 3 aromatic rings. The van der Waals surface area contributed by atoms with Crippen LogP contribution >= 0.6 is 0 Å². The van der Waals surface area contributed by atoms with Crippen molar-refractivity contribution in [2.24, 2.45) is 0 Å². The molecule has 1 atom stereocenters. The molecule has 0 spiro atoms. The number of aromatic nitrogens is 1. The normalized spacial score (nSPS) is 11.6. The lowest BCUT2D eigenvalue weighted by Crippen LogP contribution is -2.39. The van der Waals surface area contributed by atoms with Crippen molar-refractivity contribution in [1.29, 1.82) is 0 Å². The zero-order valence-electron chi connectivity index (χ0n) is 17.0. The molecule has 1 unspecified atom stereocenters. The second-order valence-electron chi connectivity index (χ2n) is 6.87. The molecule has 0 aliphatic carbocycles. The summed E-state index contributed by atoms with van der Waals surface area (Å²) in [5.74, 6) is 1.25. The number of benzene rings is 2. The van der Waals surface area contributed by atoms with E-state index in [1.54, 1.807) is 32.5 Å². The molecule has 0 radical (unpaired) electrons. The predicted molar refractivity (Wildman–Crippen MR) is 113 cm³/mol. The van der Waals surface area contributed by atoms with Crippen LogP contribution in [0.1, 0.15) is 28.4 Å². The summed E-state index contributed by atoms with van der Waals surface area (Å²) in [6, 6.07) is 21.3. The maximum Gasteiger partial charge on any atom is 0.255 e. The molecule has 0 N–H and O–H groups in total. The van der Waals surface area contributed by atoms with E-state index in [4.69, 9.17) is 9.47 Å². The van der Waals surface area contributed by atoms with Gasteiger partial charge in [-0.2, -0.15) is 0 Å². The highest BCUT2D eigenvalue weighted by Gasteiger charge is 2.23. The third-order valence-corrected chi connectivity index (χ3v) is 4.89. The Morgan fingerprint density at radius 2 is 1.69 bits per heavy atom. The molecule has 1 amide bonds. The third kappa shape index (κ3) is 5.13. The van der Waals surface area contributed by atoms with Gasteiger partial charge in [0.2, 0.25) is 5.88 Å². The SMILES string of the molecule is COc1ccc(C(=O)N(Cc2ccccc2)C(C)Cc2ccccc2OC)cn1. The van der Waals surface area contributed by atoms with Gasteiger partial charge in [-0.15, -0.1) is 0 Å². The van der Waals surface area contributed by atoms with E-state index in [2.05, 4.69) is 11.9 Å². The van der Waals surface area contributed by atoms with Crippen molar-refractivity contribution in [3.63, 3.8) is 0 Å². The summed E-state index contributed by atoms with van der Waals surface area (Å²) < 4.78 is 10.6. The highest BCUT2D eigenvalue weighted by Crippen LogP contribution is 2.23. The molecule has 0 saturated heterocycles. The summed E-state index contributed by atoms with van der Waals surface area (Å²) in [5.41, 5.74) is 2.68. The molecule has 2 aromatic carbocycles. The van der Waals surface area contributed by atoms with Crippen LogP contribution in [0, 0.1) is 0 Å². The van der Waals surface area contributed by atoms with Gasteiger partial charge in [0, 0.05) is 24.8 Å². The van der Waals surface area contributed by atoms with E-state index >= 15 is 0 Å². The lowest BCUT2D eigenvalue weighted by atomic mass is 10.0. The molecule has 1 aromatic heterocycles. The fourth-order valence-corrected chi connectivity index (χ4v) is 3.30. The van der Waals surface area contributed by atoms with E-state index in [1.807, 2.05) is 59.5 Å². The molecule has 0 aliphatic rings. The molecule has 5 heteroatoms. The van der Waals surface area contributed by atoms with E-state index in [0.29, 0.717) is 24.4 Å². The van der Waals surface area contributed by atoms with Crippen molar-refractivity contribution in [3.8, 4) is 11.6 Å². The molecule has 5 nitrogen and oxygen atoms in total. The van der Waals surface area contributed by atoms with Gasteiger partial charge in [0.05, 0.1) is 19.8 Å². The van der Waals surface area contributed by atoms with Crippen LogP contribution in [-0.2, 0) is 13.0 Å². The van der Waals surface area contributed by atoms with Crippen molar-refractivity contribution in [1.82, 2.24) is 9.88 Å². The van der Waals surface area contributed by atoms with Crippen LogP contribution in [0.15, 0.2) is 72.9 Å². The average Bonchev–Trinajstić information content (AvgIpc) is 2.78. The van der Waals surface area contributed by atoms with Crippen LogP contribution in [0.25, 0.3) is 0 Å². The number of pyridine rings is 1. The van der Waals surface area contributed by atoms with Gasteiger partial charge in [0.25, 0.3) is 5.91 Å². The zero-order chi connectivity index (χ0) is 20.6. The van der Waals surface area contributed by atoms with Gasteiger partial charge in [-0.1, -0.05) is 48.5 Å². The standard InChI is InChI=1S/C24H26N2O3/c1-18(15-20-11-7-8-12-22(20)28-2)26(17-19-9-5-4-6-10-19)24(27)21-13-14-23(29-3)25-16-21/h4-14,16,18H,15,17H2,1-3H3. The first-order valence-electron chi connectivity index (χ1n) is 9.59. The van der Waals surface area contributed by atoms with Crippen LogP contribution in [0.4, 0.5) is 0 Å². The molecular formula is C24H26N2O3. The number of nitrogens with zero attached hydrogens (tertiary/aromatic N) is 2. The Labute approximate surface area is 171 Å². The fraction of sp³-hybridized carbons (Fsp3) is 0.250. The van der Waals surface area contributed by atoms with Gasteiger partial charge in [0.15, 0.2) is 0 Å². The van der Waals surface area contributed by atoms with E-state index < -0.39 is 0 Å². The molecule has 1 heterocycles. The highest BCUT2D eigenvalue weighted by molar-refractivity contribution is 5.94. The van der Waals surface area contributed by atoms with Crippen LogP contribution < -0.4 is 9.47 Å². The zero-order valence-corrected chi connectivity index (χ0v) is 17.0. The summed E-state index contributed by atoms with van der Waals surface area (Å²) in [4.78, 5) is 19.4. The number of ether oxygens (including phenoxy) is 2. The number of methoxy groups -OCH3 is 2. The van der Waals surface area contributed by atoms with Gasteiger partial charge in [-0.25, -0.2) is 4.98 Å². The van der Waals surface area contributed by atoms with Gasteiger partial charge in [-0.05, 0) is 36.6 Å². The van der Waals surface area contributed by atoms with E-state index in [9.17, 15) is 4.79 Å². The van der Waals surface area contributed by atoms with Crippen molar-refractivity contribution in [2.75, 3.05) is 14.2 Å². The maximum absolute atomic E-state index is 13.3. The van der Waals surface area contributed by atoms with E-state index in [-0.39, 0.29) is 11.9 Å². The van der Waals surface area contributed by atoms with Crippen molar-refractivity contribution >= 4 is 5.91 Å². The van der Waals surface area contributed by atoms with E-state index in [1.165, 1.54) is 0 Å². The molecular weight excluding hydrogens is 364 g/mol. The summed E-state index contributed by atoms with van der Waals surface area (Å²) in [5, 5.41) is 0. The van der Waals surface area contributed by atoms with Crippen molar-refractivity contribution in [2.45, 2.75) is 25.9 Å².